The van der Waals surface area contributed by atoms with Crippen LogP contribution in [0.2, 0.25) is 5.02 Å². The van der Waals surface area contributed by atoms with Gasteiger partial charge in [-0.15, -0.1) is 0 Å². The number of hydrogen-bond donors (Lipinski definition) is 2. The molecule has 0 unspecified atom stereocenters. The van der Waals surface area contributed by atoms with E-state index in [0.717, 1.165) is 0 Å². The maximum atomic E-state index is 14.5. The molecule has 0 aromatic heterocycles. The summed E-state index contributed by atoms with van der Waals surface area (Å²) in [5.74, 6) is -0.573. The van der Waals surface area contributed by atoms with E-state index in [2.05, 4.69) is 10.6 Å². The molecule has 8 heteroatoms. The Balaban J connectivity index is 2.19. The minimum absolute atomic E-state index is 0.00435. The van der Waals surface area contributed by atoms with Gasteiger partial charge in [0.1, 0.15) is 0 Å². The van der Waals surface area contributed by atoms with Crippen molar-refractivity contribution in [3.8, 4) is 6.07 Å². The maximum Gasteiger partial charge on any atom is 0.319 e. The van der Waals surface area contributed by atoms with E-state index in [1.807, 2.05) is 6.07 Å². The third-order valence-electron chi connectivity index (χ3n) is 3.42. The first-order valence-electron chi connectivity index (χ1n) is 7.28. The molecule has 0 bridgehead atoms. The quantitative estimate of drug-likeness (QED) is 0.883. The summed E-state index contributed by atoms with van der Waals surface area (Å²) in [6, 6.07) is 4.13. The van der Waals surface area contributed by atoms with E-state index in [0.29, 0.717) is 32.0 Å². The van der Waals surface area contributed by atoms with Gasteiger partial charge in [-0.3, -0.25) is 0 Å². The van der Waals surface area contributed by atoms with Gasteiger partial charge in [-0.25, -0.2) is 9.18 Å². The molecule has 2 rings (SSSR count). The van der Waals surface area contributed by atoms with Crippen LogP contribution in [0.15, 0.2) is 12.1 Å². The highest BCUT2D eigenvalue weighted by Gasteiger charge is 2.22. The standard InChI is InChI=1S/C15H18ClFN4O2/c1-10(4-5-18)19-15(22)20-12-3-2-11(16)13(17)14(12)21-6-8-23-9-7-21/h2-3,10H,4,6-9H2,1H3,(H2,19,20,22)/t10-/m1/s1. The van der Waals surface area contributed by atoms with Crippen LogP contribution in [0.25, 0.3) is 0 Å². The highest BCUT2D eigenvalue weighted by molar-refractivity contribution is 6.31. The highest BCUT2D eigenvalue weighted by Crippen LogP contribution is 2.34. The van der Waals surface area contributed by atoms with E-state index in [4.69, 9.17) is 21.6 Å². The molecule has 1 heterocycles. The maximum absolute atomic E-state index is 14.5. The van der Waals surface area contributed by atoms with Crippen LogP contribution < -0.4 is 15.5 Å². The largest absolute Gasteiger partial charge is 0.378 e. The number of benzene rings is 1. The number of hydrogen-bond acceptors (Lipinski definition) is 4. The van der Waals surface area contributed by atoms with Crippen LogP contribution in [0.1, 0.15) is 13.3 Å². The number of ether oxygens (including phenoxy) is 1. The predicted octanol–water partition coefficient (Wildman–Crippen LogP) is 2.74. The van der Waals surface area contributed by atoms with Gasteiger partial charge in [0.15, 0.2) is 5.82 Å². The second-order valence-corrected chi connectivity index (χ2v) is 5.63. The summed E-state index contributed by atoms with van der Waals surface area (Å²) < 4.78 is 19.7. The lowest BCUT2D eigenvalue weighted by Crippen LogP contribution is -2.39. The Labute approximate surface area is 139 Å². The molecule has 2 N–H and O–H groups in total. The Morgan fingerprint density at radius 1 is 1.52 bits per heavy atom. The lowest BCUT2D eigenvalue weighted by Gasteiger charge is -2.31. The number of urea groups is 1. The molecule has 0 spiro atoms. The van der Waals surface area contributed by atoms with E-state index < -0.39 is 11.8 Å². The van der Waals surface area contributed by atoms with E-state index in [1.54, 1.807) is 17.9 Å². The number of anilines is 2. The third-order valence-corrected chi connectivity index (χ3v) is 3.71. The first-order chi connectivity index (χ1) is 11.0. The first kappa shape index (κ1) is 17.3. The van der Waals surface area contributed by atoms with Crippen molar-refractivity contribution in [1.29, 1.82) is 5.26 Å². The molecule has 1 aliphatic heterocycles. The minimum atomic E-state index is -0.573. The zero-order chi connectivity index (χ0) is 16.8. The van der Waals surface area contributed by atoms with Crippen LogP contribution in [0, 0.1) is 17.1 Å². The van der Waals surface area contributed by atoms with E-state index in [-0.39, 0.29) is 23.2 Å². The Bertz CT molecular complexity index is 614. The van der Waals surface area contributed by atoms with Crippen molar-refractivity contribution in [2.24, 2.45) is 0 Å². The van der Waals surface area contributed by atoms with Crippen LogP contribution in [-0.4, -0.2) is 38.4 Å². The smallest absolute Gasteiger partial charge is 0.319 e. The van der Waals surface area contributed by atoms with Gasteiger partial charge >= 0.3 is 6.03 Å². The normalized spacial score (nSPS) is 15.7. The summed E-state index contributed by atoms with van der Waals surface area (Å²) >= 11 is 5.87. The molecule has 1 aliphatic rings. The zero-order valence-electron chi connectivity index (χ0n) is 12.7. The molecule has 0 saturated carbocycles. The summed E-state index contributed by atoms with van der Waals surface area (Å²) in [6.07, 6.45) is 0.193. The zero-order valence-corrected chi connectivity index (χ0v) is 13.5. The molecular formula is C15H18ClFN4O2. The Kier molecular flexibility index (Phi) is 6.02. The topological polar surface area (TPSA) is 77.4 Å². The number of carbonyl (C=O) groups excluding carboxylic acids is 1. The second-order valence-electron chi connectivity index (χ2n) is 5.22. The van der Waals surface area contributed by atoms with Crippen molar-refractivity contribution in [1.82, 2.24) is 5.32 Å². The molecule has 23 heavy (non-hydrogen) atoms. The van der Waals surface area contributed by atoms with E-state index in [1.165, 1.54) is 6.07 Å². The van der Waals surface area contributed by atoms with Gasteiger partial charge in [0.25, 0.3) is 0 Å². The summed E-state index contributed by atoms with van der Waals surface area (Å²) in [4.78, 5) is 13.8. The molecular weight excluding hydrogens is 323 g/mol. The first-order valence-corrected chi connectivity index (χ1v) is 7.66. The van der Waals surface area contributed by atoms with Crippen molar-refractivity contribution in [2.45, 2.75) is 19.4 Å². The summed E-state index contributed by atoms with van der Waals surface area (Å²) in [5.41, 5.74) is 0.583. The predicted molar refractivity (Wildman–Crippen MR) is 86.3 cm³/mol. The van der Waals surface area contributed by atoms with Crippen LogP contribution in [0.3, 0.4) is 0 Å². The molecule has 6 nitrogen and oxygen atoms in total. The number of rotatable bonds is 4. The van der Waals surface area contributed by atoms with Gasteiger partial charge in [0, 0.05) is 19.1 Å². The summed E-state index contributed by atoms with van der Waals surface area (Å²) in [5, 5.41) is 13.9. The van der Waals surface area contributed by atoms with Crippen LogP contribution in [0.4, 0.5) is 20.6 Å². The SMILES string of the molecule is C[C@H](CC#N)NC(=O)Nc1ccc(Cl)c(F)c1N1CCOCC1. The number of nitrogens with one attached hydrogen (secondary N) is 2. The van der Waals surface area contributed by atoms with Crippen LogP contribution in [-0.2, 0) is 4.74 Å². The van der Waals surface area contributed by atoms with Crippen LogP contribution in [0.5, 0.6) is 0 Å². The number of halogens is 2. The summed E-state index contributed by atoms with van der Waals surface area (Å²) in [6.45, 7) is 3.71. The van der Waals surface area contributed by atoms with Gasteiger partial charge < -0.3 is 20.3 Å². The molecule has 2 amide bonds. The second kappa shape index (κ2) is 7.99. The van der Waals surface area contributed by atoms with Gasteiger partial charge in [0.2, 0.25) is 0 Å². The van der Waals surface area contributed by atoms with Crippen molar-refractivity contribution in [3.63, 3.8) is 0 Å². The fourth-order valence-electron chi connectivity index (χ4n) is 2.31. The molecule has 1 fully saturated rings. The molecule has 1 saturated heterocycles. The number of carbonyl (C=O) groups is 1. The number of nitriles is 1. The Morgan fingerprint density at radius 2 is 2.22 bits per heavy atom. The molecule has 1 aromatic carbocycles. The van der Waals surface area contributed by atoms with Gasteiger partial charge in [-0.05, 0) is 19.1 Å². The molecule has 1 atom stereocenters. The van der Waals surface area contributed by atoms with Gasteiger partial charge in [0.05, 0.1) is 42.1 Å². The fraction of sp³-hybridized carbons (Fsp3) is 0.467. The van der Waals surface area contributed by atoms with Gasteiger partial charge in [-0.2, -0.15) is 5.26 Å². The number of nitrogens with zero attached hydrogens (tertiary/aromatic N) is 2. The monoisotopic (exact) mass is 340 g/mol. The van der Waals surface area contributed by atoms with Crippen molar-refractivity contribution < 1.29 is 13.9 Å². The lowest BCUT2D eigenvalue weighted by molar-refractivity contribution is 0.122. The molecule has 0 aliphatic carbocycles. The minimum Gasteiger partial charge on any atom is -0.378 e. The van der Waals surface area contributed by atoms with Gasteiger partial charge in [-0.1, -0.05) is 11.6 Å². The van der Waals surface area contributed by atoms with E-state index in [9.17, 15) is 9.18 Å². The Morgan fingerprint density at radius 3 is 2.87 bits per heavy atom. The van der Waals surface area contributed by atoms with Crippen molar-refractivity contribution in [3.05, 3.63) is 23.0 Å². The van der Waals surface area contributed by atoms with Crippen molar-refractivity contribution in [2.75, 3.05) is 36.5 Å². The molecule has 0 radical (unpaired) electrons. The highest BCUT2D eigenvalue weighted by atomic mass is 35.5. The average Bonchev–Trinajstić information content (AvgIpc) is 2.52. The third kappa shape index (κ3) is 4.47. The molecule has 124 valence electrons. The van der Waals surface area contributed by atoms with Crippen LogP contribution >= 0.6 is 11.6 Å². The number of morpholine rings is 1. The Hall–Kier alpha value is -2.04. The fourth-order valence-corrected chi connectivity index (χ4v) is 2.46. The van der Waals surface area contributed by atoms with E-state index >= 15 is 0 Å². The summed E-state index contributed by atoms with van der Waals surface area (Å²) in [7, 11) is 0. The number of amides is 2. The average molecular weight is 341 g/mol. The lowest BCUT2D eigenvalue weighted by atomic mass is 10.2. The molecule has 1 aromatic rings. The van der Waals surface area contributed by atoms with Crippen molar-refractivity contribution >= 4 is 29.0 Å².